The molecular weight excluding hydrogens is 508 g/mol. The Balaban J connectivity index is 1.54. The summed E-state index contributed by atoms with van der Waals surface area (Å²) < 4.78 is 11.1. The summed E-state index contributed by atoms with van der Waals surface area (Å²) in [4.78, 5) is 54.9. The van der Waals surface area contributed by atoms with Crippen molar-refractivity contribution in [3.8, 4) is 0 Å². The van der Waals surface area contributed by atoms with Gasteiger partial charge in [-0.2, -0.15) is 5.10 Å². The van der Waals surface area contributed by atoms with Crippen molar-refractivity contribution in [3.05, 3.63) is 53.0 Å². The van der Waals surface area contributed by atoms with Gasteiger partial charge in [0.1, 0.15) is 17.9 Å². The second-order valence-electron chi connectivity index (χ2n) is 9.19. The molecule has 3 N–H and O–H groups in total. The molecule has 0 saturated heterocycles. The molecule has 4 rings (SSSR count). The number of aliphatic hydroxyl groups excluding tert-OH is 1. The fraction of sp³-hybridized carbons (Fsp3) is 0.385. The van der Waals surface area contributed by atoms with Crippen LogP contribution >= 0.6 is 0 Å². The second kappa shape index (κ2) is 11.5. The molecule has 1 aromatic carbocycles. The van der Waals surface area contributed by atoms with Crippen LogP contribution in [0.5, 0.6) is 0 Å². The lowest BCUT2D eigenvalue weighted by Crippen LogP contribution is -2.38. The number of aliphatic hydroxyl groups is 1. The Morgan fingerprint density at radius 1 is 1.21 bits per heavy atom. The summed E-state index contributed by atoms with van der Waals surface area (Å²) >= 11 is 0. The lowest BCUT2D eigenvalue weighted by molar-refractivity contribution is -0.161. The van der Waals surface area contributed by atoms with Gasteiger partial charge in [-0.15, -0.1) is 0 Å². The maximum Gasteiger partial charge on any atom is 0.419 e. The van der Waals surface area contributed by atoms with Crippen molar-refractivity contribution in [1.82, 2.24) is 24.8 Å². The Morgan fingerprint density at radius 3 is 2.62 bits per heavy atom. The van der Waals surface area contributed by atoms with Crippen molar-refractivity contribution < 1.29 is 33.8 Å². The minimum absolute atomic E-state index is 0.000233. The molecule has 2 heterocycles. The van der Waals surface area contributed by atoms with Crippen molar-refractivity contribution in [3.63, 3.8) is 0 Å². The number of hydrogen-bond donors (Lipinski definition) is 3. The second-order valence-corrected chi connectivity index (χ2v) is 9.19. The van der Waals surface area contributed by atoms with Crippen LogP contribution in [0.2, 0.25) is 0 Å². The van der Waals surface area contributed by atoms with Gasteiger partial charge < -0.3 is 25.2 Å². The van der Waals surface area contributed by atoms with E-state index in [0.717, 1.165) is 23.3 Å². The Labute approximate surface area is 224 Å². The van der Waals surface area contributed by atoms with E-state index in [1.54, 1.807) is 35.8 Å². The number of fused-ring (bicyclic) bond motifs is 1. The highest BCUT2D eigenvalue weighted by atomic mass is 16.7. The predicted molar refractivity (Wildman–Crippen MR) is 139 cm³/mol. The summed E-state index contributed by atoms with van der Waals surface area (Å²) in [6, 6.07) is 5.09. The van der Waals surface area contributed by atoms with Gasteiger partial charge in [0.25, 0.3) is 11.8 Å². The molecule has 13 heteroatoms. The smallest absolute Gasteiger partial charge is 0.419 e. The van der Waals surface area contributed by atoms with Crippen LogP contribution in [0.1, 0.15) is 58.5 Å². The molecule has 0 aliphatic heterocycles. The SMILES string of the molecule is CCN(C(=O)OCOC(=O)C(C)O)C(=O)c1ccc(C)c(Nc2ncnn3cc(C(=O)NC4CC4)c(C)c23)c1. The Hall–Kier alpha value is -4.52. The molecule has 0 bridgehead atoms. The molecule has 3 aromatic rings. The van der Waals surface area contributed by atoms with E-state index in [9.17, 15) is 19.2 Å². The Bertz CT molecular complexity index is 1430. The molecule has 1 aliphatic rings. The van der Waals surface area contributed by atoms with Crippen LogP contribution in [0.3, 0.4) is 0 Å². The number of aromatic nitrogens is 3. The highest BCUT2D eigenvalue weighted by Gasteiger charge is 2.27. The fourth-order valence-electron chi connectivity index (χ4n) is 3.84. The first-order valence-corrected chi connectivity index (χ1v) is 12.5. The van der Waals surface area contributed by atoms with Crippen LogP contribution in [-0.2, 0) is 14.3 Å². The molecule has 39 heavy (non-hydrogen) atoms. The number of ether oxygens (including phenoxy) is 2. The molecule has 1 atom stereocenters. The first-order chi connectivity index (χ1) is 18.6. The van der Waals surface area contributed by atoms with Crippen molar-refractivity contribution in [2.75, 3.05) is 18.7 Å². The van der Waals surface area contributed by atoms with Gasteiger partial charge in [0.05, 0.1) is 5.56 Å². The van der Waals surface area contributed by atoms with Crippen molar-refractivity contribution in [2.24, 2.45) is 0 Å². The van der Waals surface area contributed by atoms with Gasteiger partial charge in [0, 0.05) is 30.0 Å². The number of benzene rings is 1. The molecule has 0 spiro atoms. The predicted octanol–water partition coefficient (Wildman–Crippen LogP) is 2.46. The summed E-state index contributed by atoms with van der Waals surface area (Å²) in [5, 5.41) is 19.6. The van der Waals surface area contributed by atoms with E-state index in [4.69, 9.17) is 9.84 Å². The molecule has 1 unspecified atom stereocenters. The number of imide groups is 1. The summed E-state index contributed by atoms with van der Waals surface area (Å²) in [6.07, 6.45) is 2.59. The van der Waals surface area contributed by atoms with Crippen LogP contribution < -0.4 is 10.6 Å². The number of carbonyl (C=O) groups excluding carboxylic acids is 4. The van der Waals surface area contributed by atoms with E-state index in [0.29, 0.717) is 28.1 Å². The van der Waals surface area contributed by atoms with E-state index in [1.807, 2.05) is 13.8 Å². The van der Waals surface area contributed by atoms with Gasteiger partial charge in [0.2, 0.25) is 6.79 Å². The molecule has 3 amide bonds. The van der Waals surface area contributed by atoms with Gasteiger partial charge in [-0.05, 0) is 63.8 Å². The Kier molecular flexibility index (Phi) is 8.10. The van der Waals surface area contributed by atoms with Crippen molar-refractivity contribution >= 4 is 40.9 Å². The average molecular weight is 539 g/mol. The van der Waals surface area contributed by atoms with E-state index in [-0.39, 0.29) is 24.1 Å². The molecule has 13 nitrogen and oxygen atoms in total. The molecule has 1 fully saturated rings. The number of amides is 3. The minimum Gasteiger partial charge on any atom is -0.426 e. The number of aryl methyl sites for hydroxylation is 2. The fourth-order valence-corrected chi connectivity index (χ4v) is 3.84. The number of anilines is 2. The van der Waals surface area contributed by atoms with E-state index >= 15 is 0 Å². The zero-order chi connectivity index (χ0) is 28.3. The average Bonchev–Trinajstić information content (AvgIpc) is 3.65. The minimum atomic E-state index is -1.37. The van der Waals surface area contributed by atoms with Crippen LogP contribution in [0.4, 0.5) is 16.3 Å². The van der Waals surface area contributed by atoms with Gasteiger partial charge in [0.15, 0.2) is 5.82 Å². The largest absolute Gasteiger partial charge is 0.426 e. The van der Waals surface area contributed by atoms with Crippen molar-refractivity contribution in [2.45, 2.75) is 52.7 Å². The van der Waals surface area contributed by atoms with Crippen LogP contribution in [0.25, 0.3) is 5.52 Å². The zero-order valence-corrected chi connectivity index (χ0v) is 22.1. The number of hydrogen-bond acceptors (Lipinski definition) is 10. The lowest BCUT2D eigenvalue weighted by atomic mass is 10.1. The van der Waals surface area contributed by atoms with Crippen molar-refractivity contribution in [1.29, 1.82) is 0 Å². The zero-order valence-electron chi connectivity index (χ0n) is 22.1. The van der Waals surface area contributed by atoms with Gasteiger partial charge in [-0.1, -0.05) is 6.07 Å². The standard InChI is InChI=1S/C26H30N6O7/c1-5-31(26(37)39-13-38-25(36)16(4)33)24(35)17-7-6-14(2)20(10-17)30-22-21-15(3)19(11-32(21)28-12-27-22)23(34)29-18-8-9-18/h6-7,10-12,16,18,33H,5,8-9,13H2,1-4H3,(H,29,34)(H,27,28,30). The maximum absolute atomic E-state index is 13.2. The molecule has 1 saturated carbocycles. The Morgan fingerprint density at radius 2 is 1.95 bits per heavy atom. The number of nitrogens with one attached hydrogen (secondary N) is 2. The van der Waals surface area contributed by atoms with Crippen LogP contribution in [0.15, 0.2) is 30.7 Å². The van der Waals surface area contributed by atoms with E-state index in [2.05, 4.69) is 25.5 Å². The molecule has 2 aromatic heterocycles. The van der Waals surface area contributed by atoms with E-state index < -0.39 is 30.9 Å². The highest BCUT2D eigenvalue weighted by molar-refractivity contribution is 6.04. The molecule has 1 aliphatic carbocycles. The quantitative estimate of drug-likeness (QED) is 0.272. The highest BCUT2D eigenvalue weighted by Crippen LogP contribution is 2.28. The summed E-state index contributed by atoms with van der Waals surface area (Å²) in [5.41, 5.74) is 3.38. The lowest BCUT2D eigenvalue weighted by Gasteiger charge is -2.19. The summed E-state index contributed by atoms with van der Waals surface area (Å²) in [5.74, 6) is -1.31. The first kappa shape index (κ1) is 27.5. The third-order valence-electron chi connectivity index (χ3n) is 6.23. The number of esters is 1. The summed E-state index contributed by atoms with van der Waals surface area (Å²) in [6.45, 7) is 5.73. The molecule has 206 valence electrons. The van der Waals surface area contributed by atoms with Crippen LogP contribution in [0, 0.1) is 13.8 Å². The number of carbonyl (C=O) groups is 4. The maximum atomic E-state index is 13.2. The van der Waals surface area contributed by atoms with Gasteiger partial charge in [-0.25, -0.2) is 24.0 Å². The first-order valence-electron chi connectivity index (χ1n) is 12.5. The molecular formula is C26H30N6O7. The molecule has 0 radical (unpaired) electrons. The normalized spacial score (nSPS) is 13.5. The summed E-state index contributed by atoms with van der Waals surface area (Å²) in [7, 11) is 0. The van der Waals surface area contributed by atoms with Gasteiger partial charge in [-0.3, -0.25) is 9.59 Å². The third kappa shape index (κ3) is 6.14. The third-order valence-corrected chi connectivity index (χ3v) is 6.23. The topological polar surface area (TPSA) is 164 Å². The monoisotopic (exact) mass is 538 g/mol. The number of rotatable bonds is 9. The van der Waals surface area contributed by atoms with E-state index in [1.165, 1.54) is 13.3 Å². The number of nitrogens with zero attached hydrogens (tertiary/aromatic N) is 4. The van der Waals surface area contributed by atoms with Crippen LogP contribution in [-0.4, -0.2) is 74.0 Å². The van der Waals surface area contributed by atoms with Gasteiger partial charge >= 0.3 is 12.1 Å².